The summed E-state index contributed by atoms with van der Waals surface area (Å²) in [5.41, 5.74) is -0.671. The van der Waals surface area contributed by atoms with Gasteiger partial charge in [0, 0.05) is 6.61 Å². The molecule has 0 fully saturated rings. The van der Waals surface area contributed by atoms with Crippen LogP contribution in [0.2, 0.25) is 0 Å². The highest BCUT2D eigenvalue weighted by atomic mass is 16.5. The first-order valence-corrected chi connectivity index (χ1v) is 4.79. The van der Waals surface area contributed by atoms with Crippen molar-refractivity contribution in [1.82, 2.24) is 0 Å². The van der Waals surface area contributed by atoms with Gasteiger partial charge >= 0.3 is 0 Å². The van der Waals surface area contributed by atoms with E-state index < -0.39 is 5.60 Å². The molecule has 0 aromatic rings. The van der Waals surface area contributed by atoms with E-state index in [0.717, 1.165) is 0 Å². The van der Waals surface area contributed by atoms with Gasteiger partial charge in [0.25, 0.3) is 0 Å². The maximum absolute atomic E-state index is 9.01. The Hall–Kier alpha value is -0.590. The number of nitriles is 1. The largest absolute Gasteiger partial charge is 0.396 e. The number of rotatable bonds is 6. The molecule has 0 spiro atoms. The van der Waals surface area contributed by atoms with Crippen LogP contribution in [0.5, 0.6) is 0 Å². The first-order valence-electron chi connectivity index (χ1n) is 4.79. The van der Waals surface area contributed by atoms with Crippen LogP contribution in [0, 0.1) is 17.2 Å². The summed E-state index contributed by atoms with van der Waals surface area (Å²) in [6, 6.07) is 2.22. The van der Waals surface area contributed by atoms with Crippen LogP contribution in [0.4, 0.5) is 0 Å². The predicted octanol–water partition coefficient (Wildman–Crippen LogP) is 1.71. The molecule has 3 nitrogen and oxygen atoms in total. The second-order valence-corrected chi connectivity index (χ2v) is 3.44. The van der Waals surface area contributed by atoms with Crippen molar-refractivity contribution in [2.45, 2.75) is 39.2 Å². The lowest BCUT2D eigenvalue weighted by atomic mass is 9.89. The third-order valence-corrected chi connectivity index (χ3v) is 2.31. The van der Waals surface area contributed by atoms with Gasteiger partial charge in [-0.15, -0.1) is 0 Å². The van der Waals surface area contributed by atoms with Crippen LogP contribution in [0.1, 0.15) is 33.6 Å². The quantitative estimate of drug-likeness (QED) is 0.641. The van der Waals surface area contributed by atoms with E-state index in [1.165, 1.54) is 0 Å². The second kappa shape index (κ2) is 5.95. The maximum atomic E-state index is 9.01. The lowest BCUT2D eigenvalue weighted by Crippen LogP contribution is -2.36. The summed E-state index contributed by atoms with van der Waals surface area (Å²) in [6.45, 7) is 6.47. The Bertz CT molecular complexity index is 174. The van der Waals surface area contributed by atoms with Gasteiger partial charge in [0.1, 0.15) is 0 Å². The molecule has 0 aliphatic heterocycles. The summed E-state index contributed by atoms with van der Waals surface area (Å²) < 4.78 is 5.51. The van der Waals surface area contributed by atoms with Gasteiger partial charge in [-0.2, -0.15) is 5.26 Å². The number of aliphatic hydroxyl groups excluding tert-OH is 1. The molecule has 0 rings (SSSR count). The van der Waals surface area contributed by atoms with Crippen molar-refractivity contribution in [2.75, 3.05) is 13.2 Å². The molecule has 0 amide bonds. The van der Waals surface area contributed by atoms with Gasteiger partial charge in [-0.25, -0.2) is 0 Å². The first kappa shape index (κ1) is 12.4. The lowest BCUT2D eigenvalue weighted by molar-refractivity contribution is -0.0419. The molecule has 0 aliphatic carbocycles. The molecule has 0 heterocycles. The zero-order valence-corrected chi connectivity index (χ0v) is 8.71. The van der Waals surface area contributed by atoms with Crippen LogP contribution < -0.4 is 0 Å². The molecule has 0 aliphatic rings. The molecule has 0 bridgehead atoms. The molecule has 0 radical (unpaired) electrons. The SMILES string of the molecule is CCC(C#N)(OCCCO)C(C)C. The van der Waals surface area contributed by atoms with Crippen LogP contribution in [0.3, 0.4) is 0 Å². The van der Waals surface area contributed by atoms with Gasteiger partial charge in [-0.05, 0) is 18.8 Å². The van der Waals surface area contributed by atoms with Gasteiger partial charge in [0.2, 0.25) is 0 Å². The van der Waals surface area contributed by atoms with Gasteiger partial charge < -0.3 is 9.84 Å². The van der Waals surface area contributed by atoms with E-state index in [0.29, 0.717) is 19.4 Å². The Morgan fingerprint density at radius 3 is 2.46 bits per heavy atom. The highest BCUT2D eigenvalue weighted by molar-refractivity contribution is 5.03. The first-order chi connectivity index (χ1) is 6.13. The van der Waals surface area contributed by atoms with E-state index in [9.17, 15) is 0 Å². The van der Waals surface area contributed by atoms with Crippen molar-refractivity contribution in [1.29, 1.82) is 5.26 Å². The summed E-state index contributed by atoms with van der Waals surface area (Å²) in [5, 5.41) is 17.6. The Labute approximate surface area is 80.3 Å². The molecule has 76 valence electrons. The lowest BCUT2D eigenvalue weighted by Gasteiger charge is -2.29. The normalized spacial score (nSPS) is 15.4. The van der Waals surface area contributed by atoms with Gasteiger partial charge in [0.05, 0.1) is 12.7 Å². The number of ether oxygens (including phenoxy) is 1. The van der Waals surface area contributed by atoms with Gasteiger partial charge in [-0.1, -0.05) is 20.8 Å². The van der Waals surface area contributed by atoms with Crippen molar-refractivity contribution in [3.05, 3.63) is 0 Å². The molecular formula is C10H19NO2. The van der Waals surface area contributed by atoms with E-state index in [-0.39, 0.29) is 12.5 Å². The summed E-state index contributed by atoms with van der Waals surface area (Å²) in [6.07, 6.45) is 1.28. The minimum Gasteiger partial charge on any atom is -0.396 e. The molecule has 1 unspecified atom stereocenters. The topological polar surface area (TPSA) is 53.2 Å². The highest BCUT2D eigenvalue weighted by Crippen LogP contribution is 2.24. The van der Waals surface area contributed by atoms with E-state index in [2.05, 4.69) is 6.07 Å². The Kier molecular flexibility index (Phi) is 5.68. The average Bonchev–Trinajstić information content (AvgIpc) is 2.13. The van der Waals surface area contributed by atoms with Crippen molar-refractivity contribution in [2.24, 2.45) is 5.92 Å². The van der Waals surface area contributed by atoms with E-state index in [1.54, 1.807) is 0 Å². The van der Waals surface area contributed by atoms with E-state index in [1.807, 2.05) is 20.8 Å². The van der Waals surface area contributed by atoms with Crippen LogP contribution in [-0.4, -0.2) is 23.9 Å². The Balaban J connectivity index is 4.17. The summed E-state index contributed by atoms with van der Waals surface area (Å²) in [4.78, 5) is 0. The van der Waals surface area contributed by atoms with Crippen molar-refractivity contribution < 1.29 is 9.84 Å². The molecule has 3 heteroatoms. The van der Waals surface area contributed by atoms with Crippen LogP contribution in [0.25, 0.3) is 0 Å². The Morgan fingerprint density at radius 1 is 1.54 bits per heavy atom. The molecule has 1 N–H and O–H groups in total. The second-order valence-electron chi connectivity index (χ2n) is 3.44. The van der Waals surface area contributed by atoms with Gasteiger partial charge in [-0.3, -0.25) is 0 Å². The third-order valence-electron chi connectivity index (χ3n) is 2.31. The molecule has 1 atom stereocenters. The number of nitrogens with zero attached hydrogens (tertiary/aromatic N) is 1. The molecule has 0 saturated carbocycles. The standard InChI is InChI=1S/C10H19NO2/c1-4-10(8-11,9(2)3)13-7-5-6-12/h9,12H,4-7H2,1-3H3. The zero-order chi connectivity index (χ0) is 10.3. The number of hydrogen-bond donors (Lipinski definition) is 1. The Morgan fingerprint density at radius 2 is 2.15 bits per heavy atom. The van der Waals surface area contributed by atoms with E-state index >= 15 is 0 Å². The zero-order valence-electron chi connectivity index (χ0n) is 8.71. The molecule has 0 saturated heterocycles. The van der Waals surface area contributed by atoms with Gasteiger partial charge in [0.15, 0.2) is 5.60 Å². The average molecular weight is 185 g/mol. The molecule has 13 heavy (non-hydrogen) atoms. The third kappa shape index (κ3) is 3.33. The van der Waals surface area contributed by atoms with Crippen molar-refractivity contribution in [3.63, 3.8) is 0 Å². The van der Waals surface area contributed by atoms with E-state index in [4.69, 9.17) is 15.1 Å². The maximum Gasteiger partial charge on any atom is 0.156 e. The molecule has 0 aromatic carbocycles. The summed E-state index contributed by atoms with van der Waals surface area (Å²) in [5.74, 6) is 0.182. The fraction of sp³-hybridized carbons (Fsp3) is 0.900. The monoisotopic (exact) mass is 185 g/mol. The molecule has 0 aromatic heterocycles. The van der Waals surface area contributed by atoms with Crippen molar-refractivity contribution >= 4 is 0 Å². The minimum atomic E-state index is -0.671. The van der Waals surface area contributed by atoms with Crippen LogP contribution >= 0.6 is 0 Å². The highest BCUT2D eigenvalue weighted by Gasteiger charge is 2.32. The number of hydrogen-bond acceptors (Lipinski definition) is 3. The van der Waals surface area contributed by atoms with Crippen LogP contribution in [-0.2, 0) is 4.74 Å². The number of aliphatic hydroxyl groups is 1. The van der Waals surface area contributed by atoms with Crippen molar-refractivity contribution in [3.8, 4) is 6.07 Å². The predicted molar refractivity (Wildman–Crippen MR) is 51.1 cm³/mol. The summed E-state index contributed by atoms with van der Waals surface area (Å²) in [7, 11) is 0. The fourth-order valence-corrected chi connectivity index (χ4v) is 1.24. The minimum absolute atomic E-state index is 0.114. The smallest absolute Gasteiger partial charge is 0.156 e. The summed E-state index contributed by atoms with van der Waals surface area (Å²) >= 11 is 0. The fourth-order valence-electron chi connectivity index (χ4n) is 1.24. The molecular weight excluding hydrogens is 166 g/mol. The van der Waals surface area contributed by atoms with Crippen LogP contribution in [0.15, 0.2) is 0 Å².